The van der Waals surface area contributed by atoms with Crippen LogP contribution in [0, 0.1) is 0 Å². The van der Waals surface area contributed by atoms with E-state index in [1.807, 2.05) is 29.2 Å². The van der Waals surface area contributed by atoms with Gasteiger partial charge in [0.2, 0.25) is 5.91 Å². The minimum absolute atomic E-state index is 0.162. The molecule has 1 aliphatic carbocycles. The summed E-state index contributed by atoms with van der Waals surface area (Å²) in [6.45, 7) is 1.42. The minimum atomic E-state index is 0.162. The van der Waals surface area contributed by atoms with Crippen molar-refractivity contribution in [2.75, 3.05) is 13.1 Å². The minimum Gasteiger partial charge on any atom is -0.342 e. The summed E-state index contributed by atoms with van der Waals surface area (Å²) >= 11 is 12.9. The lowest BCUT2D eigenvalue weighted by atomic mass is 9.88. The van der Waals surface area contributed by atoms with Crippen LogP contribution in [0.2, 0.25) is 10.0 Å². The van der Waals surface area contributed by atoms with Crippen molar-refractivity contribution in [2.45, 2.75) is 32.1 Å². The van der Waals surface area contributed by atoms with Crippen LogP contribution in [0.15, 0.2) is 60.6 Å². The zero-order valence-corrected chi connectivity index (χ0v) is 19.2. The number of halogens is 2. The lowest BCUT2D eigenvalue weighted by molar-refractivity contribution is -0.130. The number of pyridine rings is 2. The van der Waals surface area contributed by atoms with E-state index in [1.165, 1.54) is 22.3 Å². The normalized spacial score (nSPS) is 15.8. The van der Waals surface area contributed by atoms with Gasteiger partial charge in [0.1, 0.15) is 0 Å². The first kappa shape index (κ1) is 21.2. The van der Waals surface area contributed by atoms with Crippen molar-refractivity contribution < 1.29 is 4.79 Å². The van der Waals surface area contributed by atoms with E-state index < -0.39 is 0 Å². The first-order chi connectivity index (χ1) is 15.6. The van der Waals surface area contributed by atoms with Crippen LogP contribution < -0.4 is 0 Å². The summed E-state index contributed by atoms with van der Waals surface area (Å²) in [5.41, 5.74) is 7.99. The number of fused-ring (bicyclic) bond motifs is 2. The molecule has 1 aromatic carbocycles. The molecule has 0 saturated carbocycles. The van der Waals surface area contributed by atoms with E-state index in [0.29, 0.717) is 19.5 Å². The van der Waals surface area contributed by atoms with Gasteiger partial charge in [-0.15, -0.1) is 0 Å². The average Bonchev–Trinajstić information content (AvgIpc) is 2.97. The third kappa shape index (κ3) is 4.17. The van der Waals surface area contributed by atoms with Crippen molar-refractivity contribution in [3.8, 4) is 0 Å². The molecule has 0 unspecified atom stereocenters. The molecule has 1 amide bonds. The van der Waals surface area contributed by atoms with Gasteiger partial charge in [0.25, 0.3) is 0 Å². The zero-order valence-electron chi connectivity index (χ0n) is 17.7. The highest BCUT2D eigenvalue weighted by Crippen LogP contribution is 2.40. The quantitative estimate of drug-likeness (QED) is 0.500. The fourth-order valence-corrected chi connectivity index (χ4v) is 5.18. The molecule has 0 N–H and O–H groups in total. The molecule has 32 heavy (non-hydrogen) atoms. The predicted molar refractivity (Wildman–Crippen MR) is 128 cm³/mol. The number of piperidine rings is 1. The van der Waals surface area contributed by atoms with Crippen LogP contribution in [0.25, 0.3) is 5.57 Å². The number of aromatic nitrogens is 2. The number of amides is 1. The number of hydrogen-bond acceptors (Lipinski definition) is 3. The number of carbonyl (C=O) groups is 1. The highest BCUT2D eigenvalue weighted by atomic mass is 35.5. The third-order valence-corrected chi connectivity index (χ3v) is 6.98. The lowest BCUT2D eigenvalue weighted by Crippen LogP contribution is -2.37. The molecule has 1 saturated heterocycles. The van der Waals surface area contributed by atoms with Gasteiger partial charge >= 0.3 is 0 Å². The molecule has 1 fully saturated rings. The zero-order chi connectivity index (χ0) is 22.1. The van der Waals surface area contributed by atoms with Gasteiger partial charge in [-0.25, -0.2) is 0 Å². The van der Waals surface area contributed by atoms with E-state index in [0.717, 1.165) is 52.5 Å². The Bertz CT molecular complexity index is 1200. The summed E-state index contributed by atoms with van der Waals surface area (Å²) < 4.78 is 0. The first-order valence-electron chi connectivity index (χ1n) is 10.9. The topological polar surface area (TPSA) is 46.1 Å². The van der Waals surface area contributed by atoms with Gasteiger partial charge in [0.05, 0.1) is 12.1 Å². The van der Waals surface area contributed by atoms with Gasteiger partial charge in [-0.1, -0.05) is 34.8 Å². The maximum Gasteiger partial charge on any atom is 0.227 e. The molecule has 2 aliphatic rings. The maximum atomic E-state index is 12.8. The van der Waals surface area contributed by atoms with Crippen LogP contribution in [0.1, 0.15) is 40.8 Å². The molecule has 0 radical (unpaired) electrons. The Morgan fingerprint density at radius 1 is 0.938 bits per heavy atom. The number of rotatable bonds is 2. The molecule has 162 valence electrons. The van der Waals surface area contributed by atoms with Crippen molar-refractivity contribution in [3.05, 3.63) is 98.6 Å². The monoisotopic (exact) mass is 463 g/mol. The molecular formula is C26H23Cl2N3O. The molecule has 1 aliphatic heterocycles. The Labute approximate surface area is 197 Å². The summed E-state index contributed by atoms with van der Waals surface area (Å²) in [7, 11) is 0. The highest BCUT2D eigenvalue weighted by Gasteiger charge is 2.27. The Morgan fingerprint density at radius 3 is 2.50 bits per heavy atom. The maximum absolute atomic E-state index is 12.8. The summed E-state index contributed by atoms with van der Waals surface area (Å²) in [6, 6.07) is 11.8. The second-order valence-electron chi connectivity index (χ2n) is 8.31. The van der Waals surface area contributed by atoms with Crippen LogP contribution in [0.4, 0.5) is 0 Å². The van der Waals surface area contributed by atoms with Gasteiger partial charge in [0.15, 0.2) is 0 Å². The first-order valence-corrected chi connectivity index (χ1v) is 11.7. The molecule has 3 aromatic rings. The van der Waals surface area contributed by atoms with E-state index >= 15 is 0 Å². The molecule has 6 heteroatoms. The largest absolute Gasteiger partial charge is 0.342 e. The Hall–Kier alpha value is -2.69. The third-order valence-electron chi connectivity index (χ3n) is 6.39. The van der Waals surface area contributed by atoms with Gasteiger partial charge in [0, 0.05) is 47.3 Å². The van der Waals surface area contributed by atoms with Crippen LogP contribution >= 0.6 is 23.2 Å². The Morgan fingerprint density at radius 2 is 1.72 bits per heavy atom. The molecule has 2 aromatic heterocycles. The number of carbonyl (C=O) groups excluding carboxylic acids is 1. The van der Waals surface area contributed by atoms with Gasteiger partial charge in [-0.05, 0) is 78.3 Å². The van der Waals surface area contributed by atoms with E-state index in [1.54, 1.807) is 18.6 Å². The summed E-state index contributed by atoms with van der Waals surface area (Å²) in [5.74, 6) is 0.162. The highest BCUT2D eigenvalue weighted by molar-refractivity contribution is 6.31. The molecule has 3 heterocycles. The lowest BCUT2D eigenvalue weighted by Gasteiger charge is -2.30. The summed E-state index contributed by atoms with van der Waals surface area (Å²) in [6.07, 6.45) is 9.02. The standard InChI is InChI=1S/C26H23Cl2N3O/c27-20-2-4-21-19(16-20)1-3-22-23(28)7-12-30-26(22)25(21)18-8-13-31(14-9-18)24(32)15-17-5-10-29-11-6-17/h2,4-7,10-12,16H,1,3,8-9,13-15H2. The Kier molecular flexibility index (Phi) is 5.99. The van der Waals surface area contributed by atoms with Crippen molar-refractivity contribution >= 4 is 34.7 Å². The number of benzene rings is 1. The summed E-state index contributed by atoms with van der Waals surface area (Å²) in [5, 5.41) is 1.51. The molecule has 0 spiro atoms. The van der Waals surface area contributed by atoms with Crippen LogP contribution in [0.3, 0.4) is 0 Å². The van der Waals surface area contributed by atoms with Crippen molar-refractivity contribution in [1.82, 2.24) is 14.9 Å². The SMILES string of the molecule is O=C(Cc1ccncc1)N1CCC(=C2c3ccc(Cl)cc3CCc3c(Cl)ccnc32)CC1. The van der Waals surface area contributed by atoms with Crippen LogP contribution in [-0.4, -0.2) is 33.9 Å². The van der Waals surface area contributed by atoms with E-state index in [2.05, 4.69) is 17.1 Å². The predicted octanol–water partition coefficient (Wildman–Crippen LogP) is 5.55. The molecule has 5 rings (SSSR count). The fraction of sp³-hybridized carbons (Fsp3) is 0.269. The molecular weight excluding hydrogens is 441 g/mol. The van der Waals surface area contributed by atoms with Crippen LogP contribution in [-0.2, 0) is 24.1 Å². The Balaban J connectivity index is 1.47. The molecule has 0 bridgehead atoms. The molecule has 4 nitrogen and oxygen atoms in total. The van der Waals surface area contributed by atoms with Crippen molar-refractivity contribution in [2.24, 2.45) is 0 Å². The smallest absolute Gasteiger partial charge is 0.227 e. The average molecular weight is 464 g/mol. The fourth-order valence-electron chi connectivity index (χ4n) is 4.74. The van der Waals surface area contributed by atoms with Gasteiger partial charge < -0.3 is 4.90 Å². The second kappa shape index (κ2) is 9.05. The number of nitrogens with zero attached hydrogens (tertiary/aromatic N) is 3. The van der Waals surface area contributed by atoms with Gasteiger partial charge in [-0.3, -0.25) is 14.8 Å². The molecule has 0 atom stereocenters. The summed E-state index contributed by atoms with van der Waals surface area (Å²) in [4.78, 5) is 23.6. The second-order valence-corrected chi connectivity index (χ2v) is 9.16. The number of hydrogen-bond donors (Lipinski definition) is 0. The van der Waals surface area contributed by atoms with E-state index in [4.69, 9.17) is 28.2 Å². The number of likely N-dealkylation sites (tertiary alicyclic amines) is 1. The van der Waals surface area contributed by atoms with Crippen molar-refractivity contribution in [3.63, 3.8) is 0 Å². The van der Waals surface area contributed by atoms with Gasteiger partial charge in [-0.2, -0.15) is 0 Å². The van der Waals surface area contributed by atoms with E-state index in [-0.39, 0.29) is 5.91 Å². The number of aryl methyl sites for hydroxylation is 1. The van der Waals surface area contributed by atoms with Crippen LogP contribution in [0.5, 0.6) is 0 Å². The van der Waals surface area contributed by atoms with Crippen molar-refractivity contribution in [1.29, 1.82) is 0 Å². The van der Waals surface area contributed by atoms with E-state index in [9.17, 15) is 4.79 Å².